The fourth-order valence-corrected chi connectivity index (χ4v) is 5.97. The zero-order valence-corrected chi connectivity index (χ0v) is 25.4. The first-order chi connectivity index (χ1) is 20.0. The van der Waals surface area contributed by atoms with E-state index in [1.807, 2.05) is 11.8 Å². The van der Waals surface area contributed by atoms with Crippen LogP contribution in [0.25, 0.3) is 0 Å². The Bertz CT molecular complexity index is 1250. The Hall–Kier alpha value is -2.53. The predicted octanol–water partition coefficient (Wildman–Crippen LogP) is 5.06. The molecule has 2 aromatic carbocycles. The number of anilines is 1. The number of amides is 2. The second-order valence-corrected chi connectivity index (χ2v) is 11.6. The summed E-state index contributed by atoms with van der Waals surface area (Å²) >= 11 is 12.5. The lowest BCUT2D eigenvalue weighted by Crippen LogP contribution is -2.56. The van der Waals surface area contributed by atoms with E-state index < -0.39 is 17.8 Å². The Morgan fingerprint density at radius 1 is 1.05 bits per heavy atom. The number of carbonyl (C=O) groups excluding carboxylic acids is 2. The molecule has 2 heterocycles. The number of likely N-dealkylation sites (tertiary alicyclic amines) is 1. The van der Waals surface area contributed by atoms with Crippen LogP contribution in [0.15, 0.2) is 36.4 Å². The first-order valence-corrected chi connectivity index (χ1v) is 14.9. The van der Waals surface area contributed by atoms with Crippen molar-refractivity contribution >= 4 is 40.7 Å². The molecule has 2 fully saturated rings. The van der Waals surface area contributed by atoms with E-state index >= 15 is 0 Å². The van der Waals surface area contributed by atoms with Crippen molar-refractivity contribution in [1.29, 1.82) is 0 Å². The summed E-state index contributed by atoms with van der Waals surface area (Å²) in [7, 11) is 1.61. The number of piperazine rings is 1. The predicted molar refractivity (Wildman–Crippen MR) is 158 cm³/mol. The topological polar surface area (TPSA) is 65.1 Å². The minimum atomic E-state index is -4.44. The normalized spacial score (nSPS) is 17.6. The fourth-order valence-electron chi connectivity index (χ4n) is 5.49. The van der Waals surface area contributed by atoms with Gasteiger partial charge in [0.15, 0.2) is 0 Å². The van der Waals surface area contributed by atoms with Gasteiger partial charge in [-0.25, -0.2) is 0 Å². The molecule has 42 heavy (non-hydrogen) atoms. The van der Waals surface area contributed by atoms with Crippen LogP contribution in [0, 0.1) is 0 Å². The first-order valence-electron chi connectivity index (χ1n) is 14.2. The Morgan fingerprint density at radius 2 is 1.79 bits per heavy atom. The van der Waals surface area contributed by atoms with Gasteiger partial charge in [0.25, 0.3) is 0 Å². The Morgan fingerprint density at radius 3 is 2.40 bits per heavy atom. The highest BCUT2D eigenvalue weighted by atomic mass is 35.5. The molecule has 4 rings (SSSR count). The van der Waals surface area contributed by atoms with Gasteiger partial charge in [-0.2, -0.15) is 13.2 Å². The minimum absolute atomic E-state index is 0.00742. The third kappa shape index (κ3) is 8.09. The van der Waals surface area contributed by atoms with Crippen LogP contribution < -0.4 is 10.2 Å². The van der Waals surface area contributed by atoms with Crippen molar-refractivity contribution in [3.63, 3.8) is 0 Å². The van der Waals surface area contributed by atoms with Crippen LogP contribution in [-0.4, -0.2) is 86.7 Å². The molecule has 12 heteroatoms. The van der Waals surface area contributed by atoms with Gasteiger partial charge in [0.1, 0.15) is 6.04 Å². The van der Waals surface area contributed by atoms with Crippen molar-refractivity contribution in [2.24, 2.45) is 0 Å². The van der Waals surface area contributed by atoms with Crippen LogP contribution >= 0.6 is 23.2 Å². The van der Waals surface area contributed by atoms with Crippen molar-refractivity contribution in [2.45, 2.75) is 50.9 Å². The second kappa shape index (κ2) is 14.3. The number of nitrogens with one attached hydrogen (secondary N) is 1. The number of hydrogen-bond donors (Lipinski definition) is 1. The number of rotatable bonds is 11. The van der Waals surface area contributed by atoms with Gasteiger partial charge < -0.3 is 24.8 Å². The number of benzene rings is 2. The lowest BCUT2D eigenvalue weighted by atomic mass is 10.0. The standard InChI is InChI=1S/C30H37Cl2F3N4O3/c1-20(42-2)19-36-10-9-22-16-23(30(33,34)35)6-8-26(22)37-12-14-38(15-13-37)29(41)27(39-11-3-4-28(39)40)17-21-5-7-24(31)18-25(21)32/h5-8,16,18,20,27,36H,3-4,9-15,17,19H2,1-2H3/t20-,27?/m1/s1. The molecule has 2 aromatic rings. The summed E-state index contributed by atoms with van der Waals surface area (Å²) in [4.78, 5) is 31.9. The van der Waals surface area contributed by atoms with Gasteiger partial charge in [-0.1, -0.05) is 29.3 Å². The number of carbonyl (C=O) groups is 2. The maximum Gasteiger partial charge on any atom is 0.416 e. The molecule has 1 N–H and O–H groups in total. The van der Waals surface area contributed by atoms with E-state index in [9.17, 15) is 22.8 Å². The van der Waals surface area contributed by atoms with Crippen LogP contribution in [0.2, 0.25) is 10.0 Å². The zero-order valence-electron chi connectivity index (χ0n) is 23.9. The summed E-state index contributed by atoms with van der Waals surface area (Å²) in [5, 5.41) is 4.17. The maximum atomic E-state index is 13.8. The Balaban J connectivity index is 1.47. The highest BCUT2D eigenvalue weighted by molar-refractivity contribution is 6.35. The summed E-state index contributed by atoms with van der Waals surface area (Å²) < 4.78 is 45.8. The number of halogens is 5. The fraction of sp³-hybridized carbons (Fsp3) is 0.533. The number of nitrogens with zero attached hydrogens (tertiary/aromatic N) is 3. The van der Waals surface area contributed by atoms with Crippen molar-refractivity contribution in [2.75, 3.05) is 57.8 Å². The van der Waals surface area contributed by atoms with Gasteiger partial charge in [0.05, 0.1) is 11.7 Å². The molecule has 7 nitrogen and oxygen atoms in total. The highest BCUT2D eigenvalue weighted by Gasteiger charge is 2.37. The average molecular weight is 630 g/mol. The molecule has 0 aliphatic carbocycles. The molecule has 0 bridgehead atoms. The average Bonchev–Trinajstić information content (AvgIpc) is 3.39. The number of hydrogen-bond acceptors (Lipinski definition) is 5. The number of ether oxygens (including phenoxy) is 1. The van der Waals surface area contributed by atoms with Gasteiger partial charge in [0, 0.05) is 75.0 Å². The highest BCUT2D eigenvalue weighted by Crippen LogP contribution is 2.34. The molecule has 2 saturated heterocycles. The molecule has 2 amide bonds. The molecular weight excluding hydrogens is 592 g/mol. The van der Waals surface area contributed by atoms with Gasteiger partial charge >= 0.3 is 6.18 Å². The Kier molecular flexibility index (Phi) is 11.0. The SMILES string of the molecule is CO[C@H](C)CNCCc1cc(C(F)(F)F)ccc1N1CCN(C(=O)C(Cc2ccc(Cl)cc2Cl)N2CCCC2=O)CC1. The monoisotopic (exact) mass is 628 g/mol. The summed E-state index contributed by atoms with van der Waals surface area (Å²) in [6.07, 6.45) is -2.66. The second-order valence-electron chi connectivity index (χ2n) is 10.8. The summed E-state index contributed by atoms with van der Waals surface area (Å²) in [5.41, 5.74) is 1.39. The zero-order chi connectivity index (χ0) is 30.4. The van der Waals surface area contributed by atoms with E-state index in [1.54, 1.807) is 35.1 Å². The third-order valence-corrected chi connectivity index (χ3v) is 8.53. The molecule has 0 radical (unpaired) electrons. The molecule has 2 aliphatic rings. The molecule has 0 aromatic heterocycles. The maximum absolute atomic E-state index is 13.8. The number of methoxy groups -OCH3 is 1. The van der Waals surface area contributed by atoms with Crippen molar-refractivity contribution < 1.29 is 27.5 Å². The van der Waals surface area contributed by atoms with Crippen molar-refractivity contribution in [3.8, 4) is 0 Å². The summed E-state index contributed by atoms with van der Waals surface area (Å²) in [6, 6.07) is 8.29. The van der Waals surface area contributed by atoms with Gasteiger partial charge in [-0.3, -0.25) is 9.59 Å². The molecule has 2 aliphatic heterocycles. The summed E-state index contributed by atoms with van der Waals surface area (Å²) in [5.74, 6) is -0.208. The Labute approximate surface area is 254 Å². The lowest BCUT2D eigenvalue weighted by Gasteiger charge is -2.40. The van der Waals surface area contributed by atoms with Crippen LogP contribution in [0.5, 0.6) is 0 Å². The van der Waals surface area contributed by atoms with Gasteiger partial charge in [-0.15, -0.1) is 0 Å². The van der Waals surface area contributed by atoms with Gasteiger partial charge in [0.2, 0.25) is 11.8 Å². The van der Waals surface area contributed by atoms with E-state index in [0.29, 0.717) is 80.7 Å². The molecular formula is C30H37Cl2F3N4O3. The molecule has 2 atom stereocenters. The van der Waals surface area contributed by atoms with E-state index in [2.05, 4.69) is 5.32 Å². The molecule has 0 saturated carbocycles. The summed E-state index contributed by atoms with van der Waals surface area (Å²) in [6.45, 7) is 5.20. The van der Waals surface area contributed by atoms with E-state index in [1.165, 1.54) is 12.1 Å². The first kappa shape index (κ1) is 32.4. The number of alkyl halides is 3. The van der Waals surface area contributed by atoms with Crippen LogP contribution in [0.4, 0.5) is 18.9 Å². The van der Waals surface area contributed by atoms with E-state index in [0.717, 1.165) is 17.3 Å². The third-order valence-electron chi connectivity index (χ3n) is 7.94. The molecule has 0 spiro atoms. The van der Waals surface area contributed by atoms with Crippen molar-refractivity contribution in [3.05, 3.63) is 63.1 Å². The van der Waals surface area contributed by atoms with Crippen LogP contribution in [0.1, 0.15) is 36.5 Å². The lowest BCUT2D eigenvalue weighted by molar-refractivity contribution is -0.143. The van der Waals surface area contributed by atoms with Crippen LogP contribution in [0.3, 0.4) is 0 Å². The molecule has 1 unspecified atom stereocenters. The van der Waals surface area contributed by atoms with E-state index in [4.69, 9.17) is 27.9 Å². The van der Waals surface area contributed by atoms with Gasteiger partial charge in [-0.05, 0) is 67.8 Å². The quantitative estimate of drug-likeness (QED) is 0.353. The molecule has 230 valence electrons. The largest absolute Gasteiger partial charge is 0.416 e. The minimum Gasteiger partial charge on any atom is -0.380 e. The van der Waals surface area contributed by atoms with E-state index in [-0.39, 0.29) is 24.3 Å². The van der Waals surface area contributed by atoms with Crippen LogP contribution in [-0.2, 0) is 33.3 Å². The smallest absolute Gasteiger partial charge is 0.380 e. The van der Waals surface area contributed by atoms with Crippen molar-refractivity contribution in [1.82, 2.24) is 15.1 Å².